The third-order valence-corrected chi connectivity index (χ3v) is 4.12. The lowest BCUT2D eigenvalue weighted by Gasteiger charge is -2.28. The highest BCUT2D eigenvalue weighted by Crippen LogP contribution is 2.46. The maximum Gasteiger partial charge on any atom is 0.338 e. The second kappa shape index (κ2) is 7.00. The third kappa shape index (κ3) is 4.10. The predicted molar refractivity (Wildman–Crippen MR) is 85.1 cm³/mol. The topological polar surface area (TPSA) is 33.0 Å². The molecular formula is C17H11BrF5NO. The summed E-state index contributed by atoms with van der Waals surface area (Å²) >= 11 is 3.01. The van der Waals surface area contributed by atoms with Gasteiger partial charge in [0.15, 0.2) is 0 Å². The van der Waals surface area contributed by atoms with Gasteiger partial charge in [-0.05, 0) is 35.2 Å². The van der Waals surface area contributed by atoms with Crippen LogP contribution in [0.5, 0.6) is 5.75 Å². The van der Waals surface area contributed by atoms with Crippen LogP contribution < -0.4 is 4.74 Å². The summed E-state index contributed by atoms with van der Waals surface area (Å²) in [4.78, 5) is 0. The van der Waals surface area contributed by atoms with Gasteiger partial charge in [-0.25, -0.2) is 4.39 Å². The first-order valence-corrected chi connectivity index (χ1v) is 7.76. The second-order valence-electron chi connectivity index (χ2n) is 5.29. The highest BCUT2D eigenvalue weighted by molar-refractivity contribution is 9.11. The molecule has 0 radical (unpaired) electrons. The maximum atomic E-state index is 14.2. The summed E-state index contributed by atoms with van der Waals surface area (Å²) in [6, 6.07) is 4.53. The molecule has 1 aliphatic rings. The van der Waals surface area contributed by atoms with Crippen molar-refractivity contribution in [1.82, 2.24) is 0 Å². The van der Waals surface area contributed by atoms with Crippen molar-refractivity contribution in [3.8, 4) is 11.8 Å². The lowest BCUT2D eigenvalue weighted by atomic mass is 9.99. The van der Waals surface area contributed by atoms with Crippen molar-refractivity contribution in [2.45, 2.75) is 24.7 Å². The third-order valence-electron chi connectivity index (χ3n) is 3.46. The zero-order valence-electron chi connectivity index (χ0n) is 12.6. The molecule has 0 aromatic heterocycles. The molecule has 0 N–H and O–H groups in total. The number of nitriles is 1. The quantitative estimate of drug-likeness (QED) is 0.562. The minimum atomic E-state index is -4.56. The van der Waals surface area contributed by atoms with Gasteiger partial charge in [0.1, 0.15) is 17.3 Å². The van der Waals surface area contributed by atoms with E-state index in [0.29, 0.717) is 0 Å². The number of allylic oxidation sites excluding steroid dienone is 4. The average Bonchev–Trinajstić information content (AvgIpc) is 2.56. The van der Waals surface area contributed by atoms with Gasteiger partial charge in [-0.2, -0.15) is 22.8 Å². The number of halogens is 6. The Morgan fingerprint density at radius 1 is 1.16 bits per heavy atom. The fraction of sp³-hybridized carbons (Fsp3) is 0.235. The average molecular weight is 420 g/mol. The van der Waals surface area contributed by atoms with Gasteiger partial charge in [0.05, 0.1) is 17.2 Å². The highest BCUT2D eigenvalue weighted by atomic mass is 79.9. The number of nitrogens with zero attached hydrogens (tertiary/aromatic N) is 1. The van der Waals surface area contributed by atoms with E-state index in [1.807, 2.05) is 0 Å². The van der Waals surface area contributed by atoms with E-state index < -0.39 is 35.4 Å². The van der Waals surface area contributed by atoms with Crippen LogP contribution in [0.3, 0.4) is 0 Å². The zero-order chi connectivity index (χ0) is 18.8. The van der Waals surface area contributed by atoms with E-state index in [1.165, 1.54) is 6.08 Å². The molecule has 0 heterocycles. The summed E-state index contributed by atoms with van der Waals surface area (Å²) in [6.45, 7) is 3.05. The van der Waals surface area contributed by atoms with E-state index in [-0.39, 0.29) is 22.2 Å². The normalized spacial score (nSPS) is 23.8. The SMILES string of the molecule is C=C1/C(Oc2cc(F)cc(C#N)c2)=C\C=C(\Br)CCC(F)(F)C1(F)F. The standard InChI is InChI=1S/C17H11BrF5NO/c1-10-15(25-14-7-11(9-24)6-13(19)8-14)3-2-12(18)4-5-16(20,21)17(10,22)23/h2-3,6-8H,1,4-5H2/b12-2+,15-3+. The molecule has 1 aromatic carbocycles. The fourth-order valence-electron chi connectivity index (χ4n) is 2.07. The molecule has 0 bridgehead atoms. The van der Waals surface area contributed by atoms with Gasteiger partial charge in [0, 0.05) is 12.5 Å². The molecule has 0 spiro atoms. The van der Waals surface area contributed by atoms with Crippen molar-refractivity contribution in [2.75, 3.05) is 0 Å². The predicted octanol–water partition coefficient (Wildman–Crippen LogP) is 5.86. The lowest BCUT2D eigenvalue weighted by Crippen LogP contribution is -2.42. The molecule has 8 heteroatoms. The van der Waals surface area contributed by atoms with Crippen molar-refractivity contribution < 1.29 is 26.7 Å². The van der Waals surface area contributed by atoms with Crippen molar-refractivity contribution in [3.05, 3.63) is 64.1 Å². The molecule has 0 atom stereocenters. The van der Waals surface area contributed by atoms with Crippen LogP contribution in [-0.4, -0.2) is 11.8 Å². The van der Waals surface area contributed by atoms with Crippen molar-refractivity contribution in [2.24, 2.45) is 0 Å². The van der Waals surface area contributed by atoms with Gasteiger partial charge in [0.2, 0.25) is 0 Å². The van der Waals surface area contributed by atoms with E-state index in [2.05, 4.69) is 22.5 Å². The molecule has 132 valence electrons. The highest BCUT2D eigenvalue weighted by Gasteiger charge is 2.58. The number of alkyl halides is 4. The van der Waals surface area contributed by atoms with Crippen molar-refractivity contribution in [1.29, 1.82) is 5.26 Å². The van der Waals surface area contributed by atoms with Crippen LogP contribution in [0.25, 0.3) is 0 Å². The molecule has 0 aliphatic heterocycles. The fourth-order valence-corrected chi connectivity index (χ4v) is 2.40. The first-order chi connectivity index (χ1) is 11.6. The van der Waals surface area contributed by atoms with Crippen LogP contribution in [0.2, 0.25) is 0 Å². The van der Waals surface area contributed by atoms with E-state index in [9.17, 15) is 22.0 Å². The molecule has 0 amide bonds. The molecular weight excluding hydrogens is 409 g/mol. The Labute approximate surface area is 149 Å². The van der Waals surface area contributed by atoms with Crippen LogP contribution in [0.4, 0.5) is 22.0 Å². The van der Waals surface area contributed by atoms with Crippen LogP contribution in [0.1, 0.15) is 18.4 Å². The molecule has 2 nitrogen and oxygen atoms in total. The Balaban J connectivity index is 2.48. The Bertz CT molecular complexity index is 808. The van der Waals surface area contributed by atoms with Gasteiger partial charge in [0.25, 0.3) is 0 Å². The molecule has 0 unspecified atom stereocenters. The van der Waals surface area contributed by atoms with Gasteiger partial charge in [-0.1, -0.05) is 22.5 Å². The van der Waals surface area contributed by atoms with Gasteiger partial charge < -0.3 is 4.74 Å². The molecule has 2 rings (SSSR count). The zero-order valence-corrected chi connectivity index (χ0v) is 14.2. The minimum Gasteiger partial charge on any atom is -0.457 e. The Morgan fingerprint density at radius 2 is 1.84 bits per heavy atom. The van der Waals surface area contributed by atoms with Crippen molar-refractivity contribution in [3.63, 3.8) is 0 Å². The summed E-state index contributed by atoms with van der Waals surface area (Å²) in [7, 11) is 0. The second-order valence-corrected chi connectivity index (χ2v) is 6.31. The van der Waals surface area contributed by atoms with Gasteiger partial charge in [-0.3, -0.25) is 0 Å². The molecule has 0 saturated heterocycles. The molecule has 0 saturated carbocycles. The Hall–Kier alpha value is -2.14. The summed E-state index contributed by atoms with van der Waals surface area (Å²) < 4.78 is 75.0. The van der Waals surface area contributed by atoms with E-state index in [4.69, 9.17) is 10.00 Å². The van der Waals surface area contributed by atoms with E-state index in [1.54, 1.807) is 6.07 Å². The monoisotopic (exact) mass is 419 g/mol. The lowest BCUT2D eigenvalue weighted by molar-refractivity contribution is -0.188. The number of rotatable bonds is 2. The summed E-state index contributed by atoms with van der Waals surface area (Å²) in [5.41, 5.74) is -1.35. The first kappa shape index (κ1) is 19.2. The smallest absolute Gasteiger partial charge is 0.338 e. The number of benzene rings is 1. The summed E-state index contributed by atoms with van der Waals surface area (Å²) in [5.74, 6) is -10.7. The van der Waals surface area contributed by atoms with E-state index >= 15 is 0 Å². The number of ether oxygens (including phenoxy) is 1. The minimum absolute atomic E-state index is 0.113. The number of hydrogen-bond donors (Lipinski definition) is 0. The summed E-state index contributed by atoms with van der Waals surface area (Å²) in [6.07, 6.45) is 0.926. The molecule has 25 heavy (non-hydrogen) atoms. The largest absolute Gasteiger partial charge is 0.457 e. The van der Waals surface area contributed by atoms with Crippen molar-refractivity contribution >= 4 is 15.9 Å². The molecule has 0 fully saturated rings. The van der Waals surface area contributed by atoms with Crippen LogP contribution in [-0.2, 0) is 0 Å². The first-order valence-electron chi connectivity index (χ1n) is 6.97. The number of hydrogen-bond acceptors (Lipinski definition) is 2. The van der Waals surface area contributed by atoms with Gasteiger partial charge in [-0.15, -0.1) is 0 Å². The Morgan fingerprint density at radius 3 is 2.48 bits per heavy atom. The van der Waals surface area contributed by atoms with E-state index in [0.717, 1.165) is 24.3 Å². The van der Waals surface area contributed by atoms with Crippen LogP contribution in [0, 0.1) is 17.1 Å². The van der Waals surface area contributed by atoms with Crippen LogP contribution in [0.15, 0.2) is 52.7 Å². The molecule has 1 aliphatic carbocycles. The summed E-state index contributed by atoms with van der Waals surface area (Å²) in [5, 5.41) is 8.81. The molecule has 1 aromatic rings. The Kier molecular flexibility index (Phi) is 5.37. The maximum absolute atomic E-state index is 14.2. The van der Waals surface area contributed by atoms with Crippen LogP contribution >= 0.6 is 15.9 Å². The van der Waals surface area contributed by atoms with Gasteiger partial charge >= 0.3 is 11.8 Å².